The Hall–Kier alpha value is -6.96. The Labute approximate surface area is 326 Å². The SMILES string of the molecule is CC(C)(C)OC(=O)CCC(NC(=O)OCc1ccccc1)C(=O)NC(Cc1c[nH]c2ccccc12)C(=O)Oc1ccc2c(=O)c(Oc3ccc(F)cc3)coc2c1. The van der Waals surface area contributed by atoms with Gasteiger partial charge in [-0.05, 0) is 80.8 Å². The summed E-state index contributed by atoms with van der Waals surface area (Å²) in [4.78, 5) is 69.9. The molecular formula is C43H40FN3O10. The van der Waals surface area contributed by atoms with Gasteiger partial charge in [-0.1, -0.05) is 48.5 Å². The van der Waals surface area contributed by atoms with Gasteiger partial charge in [-0.25, -0.2) is 14.0 Å². The molecule has 57 heavy (non-hydrogen) atoms. The number of fused-ring (bicyclic) bond motifs is 2. The number of hydrogen-bond acceptors (Lipinski definition) is 10. The Kier molecular flexibility index (Phi) is 12.3. The molecule has 2 atom stereocenters. The first kappa shape index (κ1) is 39.7. The summed E-state index contributed by atoms with van der Waals surface area (Å²) in [6, 6.07) is 23.0. The summed E-state index contributed by atoms with van der Waals surface area (Å²) in [7, 11) is 0. The van der Waals surface area contributed by atoms with E-state index in [4.69, 9.17) is 23.4 Å². The van der Waals surface area contributed by atoms with Crippen LogP contribution in [-0.2, 0) is 36.9 Å². The second-order valence-corrected chi connectivity index (χ2v) is 14.1. The Morgan fingerprint density at radius 3 is 2.32 bits per heavy atom. The smallest absolute Gasteiger partial charge is 0.408 e. The third-order valence-corrected chi connectivity index (χ3v) is 8.55. The molecule has 4 aromatic carbocycles. The van der Waals surface area contributed by atoms with Crippen LogP contribution in [-0.4, -0.2) is 46.6 Å². The van der Waals surface area contributed by atoms with Crippen molar-refractivity contribution in [2.75, 3.05) is 0 Å². The van der Waals surface area contributed by atoms with E-state index >= 15 is 0 Å². The third-order valence-electron chi connectivity index (χ3n) is 8.55. The molecule has 2 heterocycles. The number of rotatable bonds is 14. The Bertz CT molecular complexity index is 2440. The summed E-state index contributed by atoms with van der Waals surface area (Å²) in [6.45, 7) is 5.05. The maximum Gasteiger partial charge on any atom is 0.408 e. The van der Waals surface area contributed by atoms with Gasteiger partial charge in [0.05, 0.1) is 5.39 Å². The minimum Gasteiger partial charge on any atom is -0.460 e. The molecule has 2 amide bonds. The number of hydrogen-bond donors (Lipinski definition) is 3. The fraction of sp³-hybridized carbons (Fsp3) is 0.233. The first-order valence-corrected chi connectivity index (χ1v) is 18.1. The maximum absolute atomic E-state index is 14.0. The number of amides is 2. The lowest BCUT2D eigenvalue weighted by Crippen LogP contribution is -2.53. The van der Waals surface area contributed by atoms with Crippen molar-refractivity contribution in [1.29, 1.82) is 0 Å². The molecule has 0 saturated carbocycles. The highest BCUT2D eigenvalue weighted by atomic mass is 19.1. The lowest BCUT2D eigenvalue weighted by Gasteiger charge is -2.23. The highest BCUT2D eigenvalue weighted by Crippen LogP contribution is 2.25. The average Bonchev–Trinajstić information content (AvgIpc) is 3.59. The standard InChI is InChI=1S/C43H40FN3O10/c1-43(2,3)57-38(48)20-19-34(47-42(52)54-24-26-9-5-4-6-10-26)40(50)46-35(21-27-23-45-33-12-8-7-11-31(27)33)41(51)56-30-17-18-32-36(22-30)53-25-37(39(32)49)55-29-15-13-28(44)14-16-29/h4-18,22-23,25,34-35,45H,19-21,24H2,1-3H3,(H,46,50)(H,47,52). The number of benzene rings is 4. The second-order valence-electron chi connectivity index (χ2n) is 14.1. The number of aromatic nitrogens is 1. The number of nitrogens with one attached hydrogen (secondary N) is 3. The van der Waals surface area contributed by atoms with Crippen LogP contribution in [0.25, 0.3) is 21.9 Å². The first-order valence-electron chi connectivity index (χ1n) is 18.1. The van der Waals surface area contributed by atoms with E-state index in [0.717, 1.165) is 22.7 Å². The van der Waals surface area contributed by atoms with Crippen molar-refractivity contribution in [1.82, 2.24) is 15.6 Å². The number of para-hydroxylation sites is 1. The first-order chi connectivity index (χ1) is 27.3. The molecule has 3 N–H and O–H groups in total. The zero-order chi connectivity index (χ0) is 40.5. The fourth-order valence-electron chi connectivity index (χ4n) is 5.86. The summed E-state index contributed by atoms with van der Waals surface area (Å²) in [6.07, 6.45) is 1.46. The largest absolute Gasteiger partial charge is 0.460 e. The molecule has 0 saturated heterocycles. The fourth-order valence-corrected chi connectivity index (χ4v) is 5.86. The van der Waals surface area contributed by atoms with Crippen LogP contribution in [0, 0.1) is 5.82 Å². The number of halogens is 1. The molecule has 0 bridgehead atoms. The van der Waals surface area contributed by atoms with E-state index in [1.807, 2.05) is 30.3 Å². The number of aromatic amines is 1. The van der Waals surface area contributed by atoms with Gasteiger partial charge in [0, 0.05) is 36.0 Å². The average molecular weight is 778 g/mol. The topological polar surface area (TPSA) is 175 Å². The van der Waals surface area contributed by atoms with Crippen LogP contribution >= 0.6 is 0 Å². The van der Waals surface area contributed by atoms with Crippen molar-refractivity contribution in [3.63, 3.8) is 0 Å². The third kappa shape index (κ3) is 10.8. The van der Waals surface area contributed by atoms with Crippen molar-refractivity contribution in [3.05, 3.63) is 137 Å². The number of carbonyl (C=O) groups is 4. The molecule has 0 fully saturated rings. The number of carbonyl (C=O) groups excluding carboxylic acids is 4. The molecule has 0 aliphatic rings. The summed E-state index contributed by atoms with van der Waals surface area (Å²) in [5.41, 5.74) is 0.985. The Morgan fingerprint density at radius 2 is 1.56 bits per heavy atom. The van der Waals surface area contributed by atoms with Crippen LogP contribution < -0.4 is 25.5 Å². The van der Waals surface area contributed by atoms with E-state index in [2.05, 4.69) is 15.6 Å². The normalized spacial score (nSPS) is 12.4. The molecule has 0 radical (unpaired) electrons. The van der Waals surface area contributed by atoms with Crippen molar-refractivity contribution >= 4 is 45.8 Å². The minimum absolute atomic E-state index is 0.00474. The zero-order valence-corrected chi connectivity index (χ0v) is 31.3. The molecule has 294 valence electrons. The van der Waals surface area contributed by atoms with Crippen LogP contribution in [0.15, 0.2) is 119 Å². The van der Waals surface area contributed by atoms with Gasteiger partial charge in [0.1, 0.15) is 53.5 Å². The molecule has 0 aliphatic carbocycles. The van der Waals surface area contributed by atoms with Gasteiger partial charge < -0.3 is 39.0 Å². The monoisotopic (exact) mass is 777 g/mol. The Balaban J connectivity index is 1.22. The zero-order valence-electron chi connectivity index (χ0n) is 31.3. The van der Waals surface area contributed by atoms with E-state index < -0.39 is 52.9 Å². The Morgan fingerprint density at radius 1 is 0.842 bits per heavy atom. The molecule has 14 heteroatoms. The number of esters is 2. The van der Waals surface area contributed by atoms with Crippen molar-refractivity contribution < 1.29 is 46.9 Å². The highest BCUT2D eigenvalue weighted by molar-refractivity contribution is 5.92. The lowest BCUT2D eigenvalue weighted by molar-refractivity contribution is -0.155. The predicted octanol–water partition coefficient (Wildman–Crippen LogP) is 7.26. The second kappa shape index (κ2) is 17.7. The number of alkyl carbamates (subject to hydrolysis) is 1. The van der Waals surface area contributed by atoms with E-state index in [1.165, 1.54) is 42.5 Å². The van der Waals surface area contributed by atoms with E-state index in [0.29, 0.717) is 5.56 Å². The molecule has 6 rings (SSSR count). The quantitative estimate of drug-likeness (QED) is 0.0755. The lowest BCUT2D eigenvalue weighted by atomic mass is 10.0. The van der Waals surface area contributed by atoms with Gasteiger partial charge >= 0.3 is 18.0 Å². The van der Waals surface area contributed by atoms with E-state index in [9.17, 15) is 28.4 Å². The van der Waals surface area contributed by atoms with Crippen LogP contribution in [0.1, 0.15) is 44.7 Å². The highest BCUT2D eigenvalue weighted by Gasteiger charge is 2.31. The molecule has 0 spiro atoms. The molecule has 6 aromatic rings. The van der Waals surface area contributed by atoms with Gasteiger partial charge in [0.25, 0.3) is 0 Å². The van der Waals surface area contributed by atoms with Crippen LogP contribution in [0.5, 0.6) is 17.2 Å². The summed E-state index contributed by atoms with van der Waals surface area (Å²) in [5.74, 6) is -2.62. The summed E-state index contributed by atoms with van der Waals surface area (Å²) < 4.78 is 41.1. The van der Waals surface area contributed by atoms with E-state index in [1.54, 1.807) is 51.2 Å². The van der Waals surface area contributed by atoms with Gasteiger partial charge in [-0.15, -0.1) is 0 Å². The molecular weight excluding hydrogens is 737 g/mol. The van der Waals surface area contributed by atoms with Crippen molar-refractivity contribution in [2.24, 2.45) is 0 Å². The van der Waals surface area contributed by atoms with Crippen molar-refractivity contribution in [2.45, 2.75) is 64.3 Å². The van der Waals surface area contributed by atoms with Crippen molar-refractivity contribution in [3.8, 4) is 17.2 Å². The van der Waals surface area contributed by atoms with Crippen LogP contribution in [0.3, 0.4) is 0 Å². The van der Waals surface area contributed by atoms with Gasteiger partial charge in [0.15, 0.2) is 0 Å². The van der Waals surface area contributed by atoms with Gasteiger partial charge in [-0.3, -0.25) is 14.4 Å². The number of ether oxygens (including phenoxy) is 4. The molecule has 13 nitrogen and oxygen atoms in total. The summed E-state index contributed by atoms with van der Waals surface area (Å²) >= 11 is 0. The van der Waals surface area contributed by atoms with E-state index in [-0.39, 0.29) is 54.1 Å². The minimum atomic E-state index is -1.32. The molecule has 2 unspecified atom stereocenters. The van der Waals surface area contributed by atoms with Crippen LogP contribution in [0.2, 0.25) is 0 Å². The van der Waals surface area contributed by atoms with Gasteiger partial charge in [0.2, 0.25) is 17.1 Å². The van der Waals surface area contributed by atoms with Gasteiger partial charge in [-0.2, -0.15) is 0 Å². The van der Waals surface area contributed by atoms with Crippen LogP contribution in [0.4, 0.5) is 9.18 Å². The number of H-pyrrole nitrogens is 1. The molecule has 0 aliphatic heterocycles. The molecule has 2 aromatic heterocycles. The summed E-state index contributed by atoms with van der Waals surface area (Å²) in [5, 5.41) is 6.16. The maximum atomic E-state index is 14.0. The predicted molar refractivity (Wildman–Crippen MR) is 207 cm³/mol.